The van der Waals surface area contributed by atoms with Gasteiger partial charge >= 0.3 is 11.9 Å². The molecule has 6 nitrogen and oxygen atoms in total. The lowest BCUT2D eigenvalue weighted by atomic mass is 10.1. The normalized spacial score (nSPS) is 20.5. The smallest absolute Gasteiger partial charge is 0.414 e. The first-order valence-corrected chi connectivity index (χ1v) is 4.89. The fraction of sp³-hybridized carbons (Fsp3) is 0.778. The second-order valence-electron chi connectivity index (χ2n) is 3.39. The van der Waals surface area contributed by atoms with Crippen LogP contribution in [0.5, 0.6) is 0 Å². The molecule has 0 spiro atoms. The third kappa shape index (κ3) is 6.03. The first-order valence-electron chi connectivity index (χ1n) is 4.89. The van der Waals surface area contributed by atoms with Crippen molar-refractivity contribution in [2.75, 3.05) is 26.2 Å². The Hall–Kier alpha value is -1.14. The van der Waals surface area contributed by atoms with E-state index in [1.807, 2.05) is 0 Å². The van der Waals surface area contributed by atoms with Gasteiger partial charge in [0.2, 0.25) is 0 Å². The van der Waals surface area contributed by atoms with Crippen molar-refractivity contribution in [1.82, 2.24) is 4.90 Å². The number of carbonyl (C=O) groups is 2. The molecule has 0 saturated carbocycles. The molecular formula is C9H18N2O4. The molecule has 1 unspecified atom stereocenters. The summed E-state index contributed by atoms with van der Waals surface area (Å²) in [5, 5.41) is 14.8. The SMILES string of the molecule is CCN1CCC(CN)C1.O=C(O)C(=O)O. The fourth-order valence-electron chi connectivity index (χ4n) is 1.39. The van der Waals surface area contributed by atoms with Crippen LogP contribution in [0.4, 0.5) is 0 Å². The molecule has 4 N–H and O–H groups in total. The zero-order chi connectivity index (χ0) is 11.8. The Bertz CT molecular complexity index is 198. The van der Waals surface area contributed by atoms with Gasteiger partial charge in [-0.05, 0) is 32.0 Å². The van der Waals surface area contributed by atoms with Crippen LogP contribution in [0.15, 0.2) is 0 Å². The summed E-state index contributed by atoms with van der Waals surface area (Å²) >= 11 is 0. The van der Waals surface area contributed by atoms with Gasteiger partial charge < -0.3 is 20.8 Å². The quantitative estimate of drug-likeness (QED) is 0.537. The van der Waals surface area contributed by atoms with Gasteiger partial charge in [0.15, 0.2) is 0 Å². The molecular weight excluding hydrogens is 200 g/mol. The van der Waals surface area contributed by atoms with Crippen LogP contribution in [0.1, 0.15) is 13.3 Å². The van der Waals surface area contributed by atoms with Crippen LogP contribution < -0.4 is 5.73 Å². The van der Waals surface area contributed by atoms with Gasteiger partial charge in [0, 0.05) is 6.54 Å². The van der Waals surface area contributed by atoms with E-state index in [1.165, 1.54) is 26.1 Å². The van der Waals surface area contributed by atoms with Gasteiger partial charge in [0.1, 0.15) is 0 Å². The van der Waals surface area contributed by atoms with Crippen molar-refractivity contribution in [3.63, 3.8) is 0 Å². The number of aliphatic carboxylic acids is 2. The van der Waals surface area contributed by atoms with Gasteiger partial charge in [-0.2, -0.15) is 0 Å². The Balaban J connectivity index is 0.000000288. The molecule has 1 aliphatic heterocycles. The summed E-state index contributed by atoms with van der Waals surface area (Å²) in [5.74, 6) is -2.87. The largest absolute Gasteiger partial charge is 0.473 e. The lowest BCUT2D eigenvalue weighted by Crippen LogP contribution is -2.22. The minimum atomic E-state index is -1.82. The molecule has 1 aliphatic rings. The topological polar surface area (TPSA) is 104 Å². The van der Waals surface area contributed by atoms with Crippen molar-refractivity contribution in [2.24, 2.45) is 11.7 Å². The van der Waals surface area contributed by atoms with E-state index in [1.54, 1.807) is 0 Å². The molecule has 88 valence electrons. The second kappa shape index (κ2) is 7.19. The molecule has 1 saturated heterocycles. The average Bonchev–Trinajstić information content (AvgIpc) is 2.66. The maximum absolute atomic E-state index is 9.10. The predicted molar refractivity (Wildman–Crippen MR) is 54.5 cm³/mol. The van der Waals surface area contributed by atoms with Crippen LogP contribution in [0, 0.1) is 5.92 Å². The van der Waals surface area contributed by atoms with E-state index in [2.05, 4.69) is 11.8 Å². The summed E-state index contributed by atoms with van der Waals surface area (Å²) in [6.45, 7) is 6.76. The number of carboxylic acid groups (broad SMARTS) is 2. The zero-order valence-electron chi connectivity index (χ0n) is 8.85. The van der Waals surface area contributed by atoms with Gasteiger partial charge in [-0.3, -0.25) is 0 Å². The second-order valence-corrected chi connectivity index (χ2v) is 3.39. The first-order chi connectivity index (χ1) is 7.01. The minimum Gasteiger partial charge on any atom is -0.473 e. The van der Waals surface area contributed by atoms with Crippen LogP contribution in [-0.4, -0.2) is 53.2 Å². The average molecular weight is 218 g/mol. The molecule has 15 heavy (non-hydrogen) atoms. The molecule has 0 aromatic heterocycles. The summed E-state index contributed by atoms with van der Waals surface area (Å²) in [6, 6.07) is 0. The fourth-order valence-corrected chi connectivity index (χ4v) is 1.39. The standard InChI is InChI=1S/C7H16N2.C2H2O4/c1-2-9-4-3-7(5-8)6-9;3-1(4)2(5)6/h7H,2-6,8H2,1H3;(H,3,4)(H,5,6). The lowest BCUT2D eigenvalue weighted by Gasteiger charge is -2.10. The third-order valence-electron chi connectivity index (χ3n) is 2.33. The molecule has 1 atom stereocenters. The maximum Gasteiger partial charge on any atom is 0.414 e. The van der Waals surface area contributed by atoms with Crippen LogP contribution >= 0.6 is 0 Å². The van der Waals surface area contributed by atoms with Crippen molar-refractivity contribution in [3.05, 3.63) is 0 Å². The highest BCUT2D eigenvalue weighted by Gasteiger charge is 2.18. The highest BCUT2D eigenvalue weighted by molar-refractivity contribution is 6.27. The molecule has 0 aliphatic carbocycles. The zero-order valence-corrected chi connectivity index (χ0v) is 8.85. The number of hydrogen-bond donors (Lipinski definition) is 3. The molecule has 6 heteroatoms. The van der Waals surface area contributed by atoms with E-state index in [0.717, 1.165) is 12.5 Å². The van der Waals surface area contributed by atoms with E-state index < -0.39 is 11.9 Å². The Morgan fingerprint density at radius 2 is 1.93 bits per heavy atom. The van der Waals surface area contributed by atoms with Crippen LogP contribution in [0.2, 0.25) is 0 Å². The number of carboxylic acids is 2. The maximum atomic E-state index is 9.10. The number of likely N-dealkylation sites (tertiary alicyclic amines) is 1. The number of hydrogen-bond acceptors (Lipinski definition) is 4. The Labute approximate surface area is 88.7 Å². The number of nitrogens with zero attached hydrogens (tertiary/aromatic N) is 1. The van der Waals surface area contributed by atoms with E-state index >= 15 is 0 Å². The van der Waals surface area contributed by atoms with Gasteiger partial charge in [0.25, 0.3) is 0 Å². The van der Waals surface area contributed by atoms with Crippen molar-refractivity contribution >= 4 is 11.9 Å². The Kier molecular flexibility index (Phi) is 6.64. The third-order valence-corrected chi connectivity index (χ3v) is 2.33. The van der Waals surface area contributed by atoms with Crippen LogP contribution in [-0.2, 0) is 9.59 Å². The summed E-state index contributed by atoms with van der Waals surface area (Å²) in [5.41, 5.74) is 5.52. The Morgan fingerprint density at radius 3 is 2.13 bits per heavy atom. The summed E-state index contributed by atoms with van der Waals surface area (Å²) in [6.07, 6.45) is 1.31. The summed E-state index contributed by atoms with van der Waals surface area (Å²) < 4.78 is 0. The van der Waals surface area contributed by atoms with Gasteiger partial charge in [-0.25, -0.2) is 9.59 Å². The van der Waals surface area contributed by atoms with Crippen molar-refractivity contribution < 1.29 is 19.8 Å². The molecule has 0 bridgehead atoms. The minimum absolute atomic E-state index is 0.782. The van der Waals surface area contributed by atoms with E-state index in [4.69, 9.17) is 25.5 Å². The molecule has 0 radical (unpaired) electrons. The lowest BCUT2D eigenvalue weighted by molar-refractivity contribution is -0.159. The highest BCUT2D eigenvalue weighted by atomic mass is 16.4. The number of nitrogens with two attached hydrogens (primary N) is 1. The van der Waals surface area contributed by atoms with Crippen LogP contribution in [0.25, 0.3) is 0 Å². The van der Waals surface area contributed by atoms with Crippen molar-refractivity contribution in [1.29, 1.82) is 0 Å². The molecule has 1 fully saturated rings. The van der Waals surface area contributed by atoms with Gasteiger partial charge in [0.05, 0.1) is 0 Å². The molecule has 0 aromatic carbocycles. The first kappa shape index (κ1) is 13.9. The molecule has 0 amide bonds. The van der Waals surface area contributed by atoms with E-state index in [0.29, 0.717) is 0 Å². The molecule has 1 rings (SSSR count). The number of rotatable bonds is 2. The van der Waals surface area contributed by atoms with Gasteiger partial charge in [-0.15, -0.1) is 0 Å². The summed E-state index contributed by atoms with van der Waals surface area (Å²) in [4.78, 5) is 20.7. The van der Waals surface area contributed by atoms with E-state index in [9.17, 15) is 0 Å². The van der Waals surface area contributed by atoms with Crippen LogP contribution in [0.3, 0.4) is 0 Å². The van der Waals surface area contributed by atoms with E-state index in [-0.39, 0.29) is 0 Å². The van der Waals surface area contributed by atoms with Gasteiger partial charge in [-0.1, -0.05) is 6.92 Å². The highest BCUT2D eigenvalue weighted by Crippen LogP contribution is 2.13. The molecule has 0 aromatic rings. The van der Waals surface area contributed by atoms with Crippen molar-refractivity contribution in [3.8, 4) is 0 Å². The monoisotopic (exact) mass is 218 g/mol. The molecule has 1 heterocycles. The Morgan fingerprint density at radius 1 is 1.40 bits per heavy atom. The summed E-state index contributed by atoms with van der Waals surface area (Å²) in [7, 11) is 0. The predicted octanol–water partition coefficient (Wildman–Crippen LogP) is -0.557. The van der Waals surface area contributed by atoms with Crippen molar-refractivity contribution in [2.45, 2.75) is 13.3 Å².